The first-order valence-corrected chi connectivity index (χ1v) is 9.66. The second kappa shape index (κ2) is 7.03. The first-order chi connectivity index (χ1) is 12.2. The van der Waals surface area contributed by atoms with Crippen LogP contribution in [0.5, 0.6) is 0 Å². The van der Waals surface area contributed by atoms with E-state index in [0.717, 1.165) is 24.1 Å². The largest absolute Gasteiger partial charge is 0.307 e. The molecule has 25 heavy (non-hydrogen) atoms. The van der Waals surface area contributed by atoms with Crippen molar-refractivity contribution in [2.45, 2.75) is 19.4 Å². The van der Waals surface area contributed by atoms with Gasteiger partial charge in [0.15, 0.2) is 0 Å². The topological polar surface area (TPSA) is 20.3 Å². The molecule has 4 heteroatoms. The lowest BCUT2D eigenvalue weighted by molar-refractivity contribution is -0.119. The Kier molecular flexibility index (Phi) is 4.60. The van der Waals surface area contributed by atoms with Crippen LogP contribution in [0.3, 0.4) is 0 Å². The van der Waals surface area contributed by atoms with Crippen molar-refractivity contribution in [1.82, 2.24) is 0 Å². The van der Waals surface area contributed by atoms with Crippen molar-refractivity contribution in [3.05, 3.63) is 76.6 Å². The summed E-state index contributed by atoms with van der Waals surface area (Å²) < 4.78 is 0. The predicted octanol–water partition coefficient (Wildman–Crippen LogP) is 6.01. The van der Waals surface area contributed by atoms with E-state index in [0.29, 0.717) is 11.6 Å². The number of hydrogen-bond donors (Lipinski definition) is 0. The summed E-state index contributed by atoms with van der Waals surface area (Å²) >= 11 is 7.66. The summed E-state index contributed by atoms with van der Waals surface area (Å²) in [6.07, 6.45) is 2.01. The van der Waals surface area contributed by atoms with Gasteiger partial charge in [-0.25, -0.2) is 0 Å². The van der Waals surface area contributed by atoms with Crippen LogP contribution < -0.4 is 4.90 Å². The molecular formula is C21H18ClNOS. The zero-order valence-electron chi connectivity index (χ0n) is 13.7. The number of nitrogens with zero attached hydrogens (tertiary/aromatic N) is 1. The molecule has 1 heterocycles. The minimum Gasteiger partial charge on any atom is -0.307 e. The Morgan fingerprint density at radius 2 is 1.80 bits per heavy atom. The second-order valence-corrected chi connectivity index (χ2v) is 7.71. The number of anilines is 1. The zero-order valence-corrected chi connectivity index (χ0v) is 15.3. The minimum absolute atomic E-state index is 0.187. The van der Waals surface area contributed by atoms with Gasteiger partial charge in [-0.3, -0.25) is 4.79 Å². The molecular weight excluding hydrogens is 350 g/mol. The average Bonchev–Trinajstić information content (AvgIpc) is 3.39. The highest BCUT2D eigenvalue weighted by atomic mass is 35.5. The Morgan fingerprint density at radius 1 is 1.08 bits per heavy atom. The van der Waals surface area contributed by atoms with E-state index in [9.17, 15) is 4.79 Å². The number of benzene rings is 2. The van der Waals surface area contributed by atoms with E-state index in [1.165, 1.54) is 10.4 Å². The zero-order chi connectivity index (χ0) is 17.2. The van der Waals surface area contributed by atoms with Crippen molar-refractivity contribution in [1.29, 1.82) is 0 Å². The fourth-order valence-electron chi connectivity index (χ4n) is 2.84. The van der Waals surface area contributed by atoms with Crippen molar-refractivity contribution < 1.29 is 4.79 Å². The number of hydrogen-bond acceptors (Lipinski definition) is 2. The van der Waals surface area contributed by atoms with E-state index >= 15 is 0 Å². The number of halogens is 1. The molecule has 2 nitrogen and oxygen atoms in total. The molecule has 0 atom stereocenters. The van der Waals surface area contributed by atoms with Gasteiger partial charge >= 0.3 is 0 Å². The minimum atomic E-state index is 0.187. The van der Waals surface area contributed by atoms with Gasteiger partial charge in [0.25, 0.3) is 0 Å². The third-order valence-corrected chi connectivity index (χ3v) is 5.62. The second-order valence-electron chi connectivity index (χ2n) is 6.36. The SMILES string of the molecule is O=C(C1CC1)N(Cc1ccc(Cl)cc1)c1csc(-c2ccccc2)c1. The lowest BCUT2D eigenvalue weighted by Crippen LogP contribution is -2.31. The Hall–Kier alpha value is -2.10. The van der Waals surface area contributed by atoms with Crippen LogP contribution in [0, 0.1) is 5.92 Å². The molecule has 126 valence electrons. The van der Waals surface area contributed by atoms with Crippen molar-refractivity contribution in [3.8, 4) is 10.4 Å². The van der Waals surface area contributed by atoms with Crippen molar-refractivity contribution >= 4 is 34.5 Å². The summed E-state index contributed by atoms with van der Waals surface area (Å²) in [4.78, 5) is 15.9. The van der Waals surface area contributed by atoms with E-state index < -0.39 is 0 Å². The van der Waals surface area contributed by atoms with Gasteiger partial charge in [-0.05, 0) is 42.2 Å². The molecule has 2 aromatic carbocycles. The number of amides is 1. The monoisotopic (exact) mass is 367 g/mol. The highest BCUT2D eigenvalue weighted by Gasteiger charge is 2.34. The van der Waals surface area contributed by atoms with Crippen LogP contribution >= 0.6 is 22.9 Å². The lowest BCUT2D eigenvalue weighted by Gasteiger charge is -2.21. The van der Waals surface area contributed by atoms with Gasteiger partial charge < -0.3 is 4.90 Å². The summed E-state index contributed by atoms with van der Waals surface area (Å²) in [5, 5.41) is 2.80. The van der Waals surface area contributed by atoms with E-state index in [-0.39, 0.29) is 11.8 Å². The smallest absolute Gasteiger partial charge is 0.230 e. The van der Waals surface area contributed by atoms with Crippen LogP contribution in [-0.2, 0) is 11.3 Å². The molecule has 0 radical (unpaired) electrons. The molecule has 0 unspecified atom stereocenters. The molecule has 3 aromatic rings. The normalized spacial score (nSPS) is 13.6. The van der Waals surface area contributed by atoms with E-state index in [1.54, 1.807) is 11.3 Å². The quantitative estimate of drug-likeness (QED) is 0.540. The average molecular weight is 368 g/mol. The molecule has 4 rings (SSSR count). The molecule has 0 aliphatic heterocycles. The maximum absolute atomic E-state index is 12.8. The Labute approximate surface area is 156 Å². The van der Waals surface area contributed by atoms with Crippen LogP contribution in [0.1, 0.15) is 18.4 Å². The van der Waals surface area contributed by atoms with Gasteiger partial charge in [0, 0.05) is 21.2 Å². The third kappa shape index (κ3) is 3.78. The number of carbonyl (C=O) groups is 1. The Morgan fingerprint density at radius 3 is 2.48 bits per heavy atom. The van der Waals surface area contributed by atoms with Gasteiger partial charge in [0.1, 0.15) is 0 Å². The summed E-state index contributed by atoms with van der Waals surface area (Å²) in [7, 11) is 0. The molecule has 1 fully saturated rings. The highest BCUT2D eigenvalue weighted by molar-refractivity contribution is 7.14. The molecule has 1 amide bonds. The summed E-state index contributed by atoms with van der Waals surface area (Å²) in [5.74, 6) is 0.416. The van der Waals surface area contributed by atoms with E-state index in [4.69, 9.17) is 11.6 Å². The Balaban J connectivity index is 1.63. The highest BCUT2D eigenvalue weighted by Crippen LogP contribution is 2.37. The third-order valence-electron chi connectivity index (χ3n) is 4.40. The molecule has 1 aliphatic carbocycles. The number of thiophene rings is 1. The molecule has 0 spiro atoms. The summed E-state index contributed by atoms with van der Waals surface area (Å²) in [5.41, 5.74) is 3.26. The maximum atomic E-state index is 12.8. The molecule has 0 N–H and O–H groups in total. The Bertz CT molecular complexity index is 868. The van der Waals surface area contributed by atoms with Gasteiger partial charge in [-0.1, -0.05) is 54.1 Å². The molecule has 1 aromatic heterocycles. The van der Waals surface area contributed by atoms with E-state index in [2.05, 4.69) is 23.6 Å². The van der Waals surface area contributed by atoms with Crippen LogP contribution in [-0.4, -0.2) is 5.91 Å². The maximum Gasteiger partial charge on any atom is 0.230 e. The van der Waals surface area contributed by atoms with Crippen LogP contribution in [0.4, 0.5) is 5.69 Å². The molecule has 0 saturated heterocycles. The number of carbonyl (C=O) groups excluding carboxylic acids is 1. The molecule has 1 aliphatic rings. The standard InChI is InChI=1S/C21H18ClNOS/c22-18-10-6-15(7-11-18)13-23(21(24)17-8-9-17)19-12-20(25-14-19)16-4-2-1-3-5-16/h1-7,10-12,14,17H,8-9,13H2. The van der Waals surface area contributed by atoms with Gasteiger partial charge in [-0.15, -0.1) is 11.3 Å². The van der Waals surface area contributed by atoms with Crippen molar-refractivity contribution in [3.63, 3.8) is 0 Å². The van der Waals surface area contributed by atoms with E-state index in [1.807, 2.05) is 47.4 Å². The predicted molar refractivity (Wildman–Crippen MR) is 105 cm³/mol. The molecule has 0 bridgehead atoms. The fourth-order valence-corrected chi connectivity index (χ4v) is 3.87. The molecule has 1 saturated carbocycles. The number of rotatable bonds is 5. The fraction of sp³-hybridized carbons (Fsp3) is 0.190. The first-order valence-electron chi connectivity index (χ1n) is 8.40. The van der Waals surface area contributed by atoms with Gasteiger partial charge in [0.2, 0.25) is 5.91 Å². The van der Waals surface area contributed by atoms with Crippen LogP contribution in [0.2, 0.25) is 5.02 Å². The summed E-state index contributed by atoms with van der Waals surface area (Å²) in [6, 6.07) is 20.1. The van der Waals surface area contributed by atoms with Crippen LogP contribution in [0.25, 0.3) is 10.4 Å². The van der Waals surface area contributed by atoms with Gasteiger partial charge in [-0.2, -0.15) is 0 Å². The van der Waals surface area contributed by atoms with Crippen molar-refractivity contribution in [2.75, 3.05) is 4.90 Å². The first kappa shape index (κ1) is 16.4. The lowest BCUT2D eigenvalue weighted by atomic mass is 10.1. The summed E-state index contributed by atoms with van der Waals surface area (Å²) in [6.45, 7) is 0.581. The van der Waals surface area contributed by atoms with Crippen molar-refractivity contribution in [2.24, 2.45) is 5.92 Å². The van der Waals surface area contributed by atoms with Crippen LogP contribution in [0.15, 0.2) is 66.0 Å². The van der Waals surface area contributed by atoms with Gasteiger partial charge in [0.05, 0.1) is 12.2 Å².